The molecule has 9 N–H and O–H groups in total. The van der Waals surface area contributed by atoms with Gasteiger partial charge in [0.25, 0.3) is 0 Å². The minimum absolute atomic E-state index is 0.525. The van der Waals surface area contributed by atoms with Gasteiger partial charge in [0, 0.05) is 0 Å². The first-order valence-electron chi connectivity index (χ1n) is 6.03. The molecule has 0 atom stereocenters. The van der Waals surface area contributed by atoms with Crippen molar-refractivity contribution in [2.75, 3.05) is 0 Å². The second-order valence-electron chi connectivity index (χ2n) is 4.74. The van der Waals surface area contributed by atoms with Crippen LogP contribution >= 0.6 is 0 Å². The lowest BCUT2D eigenvalue weighted by molar-refractivity contribution is 0.348. The molecule has 0 unspecified atom stereocenters. The van der Waals surface area contributed by atoms with Crippen molar-refractivity contribution in [3.63, 3.8) is 0 Å². The van der Waals surface area contributed by atoms with Crippen molar-refractivity contribution >= 4 is 34.5 Å². The summed E-state index contributed by atoms with van der Waals surface area (Å²) in [4.78, 5) is 0. The Balaban J connectivity index is 2.72. The Bertz CT molecular complexity index is 974. The molecule has 0 aliphatic heterocycles. The van der Waals surface area contributed by atoms with Crippen LogP contribution in [0, 0.1) is 0 Å². The van der Waals surface area contributed by atoms with Crippen molar-refractivity contribution in [1.29, 1.82) is 0 Å². The van der Waals surface area contributed by atoms with Crippen LogP contribution in [0.2, 0.25) is 0 Å². The van der Waals surface area contributed by atoms with Crippen molar-refractivity contribution in [2.45, 2.75) is 0 Å². The molecule has 1 aromatic heterocycles. The highest BCUT2D eigenvalue weighted by atomic mass is 16.4. The van der Waals surface area contributed by atoms with Gasteiger partial charge in [0.1, 0.15) is 5.58 Å². The minimum Gasteiger partial charge on any atom is -0.504 e. The molecule has 0 aliphatic rings. The smallest absolute Gasteiger partial charge is 0.496 e. The van der Waals surface area contributed by atoms with E-state index in [4.69, 9.17) is 4.42 Å². The van der Waals surface area contributed by atoms with E-state index in [1.807, 2.05) is 0 Å². The van der Waals surface area contributed by atoms with E-state index >= 15 is 0 Å². The Morgan fingerprint density at radius 3 is 1.48 bits per heavy atom. The van der Waals surface area contributed by atoms with Crippen LogP contribution in [0.25, 0.3) is 21.9 Å². The number of rotatable bonds is 1. The normalized spacial score (nSPS) is 11.4. The molecule has 0 saturated heterocycles. The Hall–Kier alpha value is -3.18. The number of phenols is 7. The van der Waals surface area contributed by atoms with E-state index in [0.717, 1.165) is 0 Å². The lowest BCUT2D eigenvalue weighted by Gasteiger charge is -2.08. The first-order chi connectivity index (χ1) is 10.7. The Morgan fingerprint density at radius 1 is 0.522 bits per heavy atom. The summed E-state index contributed by atoms with van der Waals surface area (Å²) in [5.74, 6) is -7.52. The van der Waals surface area contributed by atoms with Crippen molar-refractivity contribution in [2.24, 2.45) is 0 Å². The zero-order valence-electron chi connectivity index (χ0n) is 11.0. The van der Waals surface area contributed by atoms with Crippen molar-refractivity contribution < 1.29 is 50.2 Å². The fourth-order valence-electron chi connectivity index (χ4n) is 2.39. The Morgan fingerprint density at radius 2 is 0.957 bits per heavy atom. The zero-order chi connectivity index (χ0) is 17.2. The molecule has 3 aromatic rings. The molecule has 2 aromatic carbocycles. The zero-order valence-corrected chi connectivity index (χ0v) is 11.0. The van der Waals surface area contributed by atoms with Crippen LogP contribution in [-0.2, 0) is 0 Å². The molecule has 0 saturated carbocycles. The summed E-state index contributed by atoms with van der Waals surface area (Å²) in [5.41, 5.74) is -1.99. The Labute approximate surface area is 126 Å². The number of aromatic hydroxyl groups is 7. The fraction of sp³-hybridized carbons (Fsp3) is 0. The summed E-state index contributed by atoms with van der Waals surface area (Å²) >= 11 is 0. The number of furan rings is 1. The van der Waals surface area contributed by atoms with Gasteiger partial charge in [0.05, 0.1) is 16.2 Å². The summed E-state index contributed by atoms with van der Waals surface area (Å²) in [6.45, 7) is 0. The molecule has 0 spiro atoms. The SMILES string of the molecule is OB(O)c1c(O)c(O)c(O)c2c1oc1c(O)c(O)c(O)c(O)c12. The van der Waals surface area contributed by atoms with Gasteiger partial charge in [0.15, 0.2) is 22.8 Å². The monoisotopic (exact) mass is 324 g/mol. The molecule has 0 bridgehead atoms. The average Bonchev–Trinajstić information content (AvgIpc) is 2.88. The second-order valence-corrected chi connectivity index (χ2v) is 4.74. The van der Waals surface area contributed by atoms with E-state index in [1.165, 1.54) is 0 Å². The predicted molar refractivity (Wildman–Crippen MR) is 75.2 cm³/mol. The highest BCUT2D eigenvalue weighted by molar-refractivity contribution is 6.63. The lowest BCUT2D eigenvalue weighted by atomic mass is 9.78. The van der Waals surface area contributed by atoms with Crippen LogP contribution in [0.4, 0.5) is 0 Å². The van der Waals surface area contributed by atoms with Gasteiger partial charge in [-0.1, -0.05) is 0 Å². The molecule has 3 rings (SSSR count). The molecule has 0 amide bonds. The van der Waals surface area contributed by atoms with Crippen LogP contribution < -0.4 is 5.46 Å². The minimum atomic E-state index is -2.35. The summed E-state index contributed by atoms with van der Waals surface area (Å²) in [7, 11) is -2.35. The highest BCUT2D eigenvalue weighted by Gasteiger charge is 2.33. The molecule has 0 aliphatic carbocycles. The van der Waals surface area contributed by atoms with E-state index < -0.39 is 74.8 Å². The first-order valence-corrected chi connectivity index (χ1v) is 6.03. The molecule has 0 radical (unpaired) electrons. The van der Waals surface area contributed by atoms with Gasteiger partial charge < -0.3 is 50.2 Å². The lowest BCUT2D eigenvalue weighted by Crippen LogP contribution is -2.30. The number of benzene rings is 2. The molecule has 0 fully saturated rings. The largest absolute Gasteiger partial charge is 0.504 e. The van der Waals surface area contributed by atoms with Crippen LogP contribution in [0.1, 0.15) is 0 Å². The molecule has 1 heterocycles. The van der Waals surface area contributed by atoms with E-state index in [0.29, 0.717) is 0 Å². The second kappa shape index (κ2) is 4.41. The van der Waals surface area contributed by atoms with Gasteiger partial charge in [-0.25, -0.2) is 0 Å². The number of hydrogen-bond acceptors (Lipinski definition) is 10. The topological polar surface area (TPSA) is 195 Å². The summed E-state index contributed by atoms with van der Waals surface area (Å²) in [6, 6.07) is 0. The molecular formula is C12H9BO10. The summed E-state index contributed by atoms with van der Waals surface area (Å²) in [6.07, 6.45) is 0. The van der Waals surface area contributed by atoms with Gasteiger partial charge in [-0.15, -0.1) is 0 Å². The van der Waals surface area contributed by atoms with E-state index in [1.54, 1.807) is 0 Å². The third-order valence-corrected chi connectivity index (χ3v) is 3.48. The van der Waals surface area contributed by atoms with Crippen LogP contribution in [0.5, 0.6) is 40.2 Å². The maximum atomic E-state index is 9.94. The van der Waals surface area contributed by atoms with Gasteiger partial charge in [0.2, 0.25) is 23.0 Å². The molecular weight excluding hydrogens is 315 g/mol. The maximum Gasteiger partial charge on any atom is 0.496 e. The van der Waals surface area contributed by atoms with Crippen LogP contribution in [0.3, 0.4) is 0 Å². The van der Waals surface area contributed by atoms with Gasteiger partial charge in [-0.2, -0.15) is 0 Å². The fourth-order valence-corrected chi connectivity index (χ4v) is 2.39. The van der Waals surface area contributed by atoms with Crippen molar-refractivity contribution in [3.05, 3.63) is 0 Å². The van der Waals surface area contributed by atoms with Gasteiger partial charge >= 0.3 is 7.12 Å². The maximum absolute atomic E-state index is 9.94. The van der Waals surface area contributed by atoms with E-state index in [-0.39, 0.29) is 0 Å². The highest BCUT2D eigenvalue weighted by Crippen LogP contribution is 2.54. The predicted octanol–water partition coefficient (Wildman–Crippen LogP) is -0.795. The molecule has 23 heavy (non-hydrogen) atoms. The van der Waals surface area contributed by atoms with E-state index in [9.17, 15) is 45.8 Å². The van der Waals surface area contributed by atoms with Gasteiger partial charge in [-0.3, -0.25) is 0 Å². The molecule has 11 heteroatoms. The first kappa shape index (κ1) is 14.7. The third-order valence-electron chi connectivity index (χ3n) is 3.48. The Kier molecular flexibility index (Phi) is 2.83. The van der Waals surface area contributed by atoms with Crippen LogP contribution in [-0.4, -0.2) is 52.9 Å². The molecule has 120 valence electrons. The number of hydrogen-bond donors (Lipinski definition) is 9. The standard InChI is InChI=1S/C12H9BO10/c14-4-1-2-5(15)8(18)9(19)10(20)12(2)23-11(1)3(13(21)22)6(16)7(4)17/h14-22H. The van der Waals surface area contributed by atoms with Crippen molar-refractivity contribution in [1.82, 2.24) is 0 Å². The average molecular weight is 324 g/mol. The van der Waals surface area contributed by atoms with Gasteiger partial charge in [-0.05, 0) is 0 Å². The summed E-state index contributed by atoms with van der Waals surface area (Å²) < 4.78 is 5.08. The quantitative estimate of drug-likeness (QED) is 0.155. The van der Waals surface area contributed by atoms with Crippen LogP contribution in [0.15, 0.2) is 4.42 Å². The van der Waals surface area contributed by atoms with E-state index in [2.05, 4.69) is 0 Å². The van der Waals surface area contributed by atoms with Crippen molar-refractivity contribution in [3.8, 4) is 40.2 Å². The number of phenolic OH excluding ortho intramolecular Hbond substituents is 7. The number of fused-ring (bicyclic) bond motifs is 3. The summed E-state index contributed by atoms with van der Waals surface area (Å²) in [5, 5.41) is 85.6. The molecule has 10 nitrogen and oxygen atoms in total. The third kappa shape index (κ3) is 1.65.